The highest BCUT2D eigenvalue weighted by molar-refractivity contribution is 9.10. The van der Waals surface area contributed by atoms with Crippen molar-refractivity contribution in [1.82, 2.24) is 0 Å². The van der Waals surface area contributed by atoms with Gasteiger partial charge in [0, 0.05) is 27.8 Å². The van der Waals surface area contributed by atoms with Gasteiger partial charge in [-0.15, -0.1) is 0 Å². The maximum absolute atomic E-state index is 11.7. The number of anilines is 1. The fraction of sp³-hybridized carbons (Fsp3) is 0.333. The van der Waals surface area contributed by atoms with E-state index >= 15 is 0 Å². The summed E-state index contributed by atoms with van der Waals surface area (Å²) < 4.78 is 24.4. The van der Waals surface area contributed by atoms with E-state index in [1.807, 2.05) is 43.3 Å². The first-order valence-corrected chi connectivity index (χ1v) is 9.26. The third-order valence-corrected chi connectivity index (χ3v) is 5.66. The molecule has 0 spiro atoms. The highest BCUT2D eigenvalue weighted by Crippen LogP contribution is 2.29. The van der Waals surface area contributed by atoms with Crippen LogP contribution in [0.1, 0.15) is 13.3 Å². The average Bonchev–Trinajstić information content (AvgIpc) is 2.41. The maximum Gasteiger partial charge on any atom is 0.152 e. The normalized spacial score (nSPS) is 11.7. The molecule has 2 aromatic carbocycles. The minimum Gasteiger partial charge on any atom is -0.384 e. The van der Waals surface area contributed by atoms with Gasteiger partial charge < -0.3 is 5.32 Å². The highest BCUT2D eigenvalue weighted by atomic mass is 79.9. The number of sulfone groups is 1. The highest BCUT2D eigenvalue weighted by Gasteiger charge is 2.09. The summed E-state index contributed by atoms with van der Waals surface area (Å²) in [7, 11) is -2.93. The molecule has 1 N–H and O–H groups in total. The Morgan fingerprint density at radius 3 is 2.45 bits per heavy atom. The molecule has 0 aliphatic rings. The van der Waals surface area contributed by atoms with Crippen LogP contribution in [-0.2, 0) is 9.84 Å². The van der Waals surface area contributed by atoms with Crippen molar-refractivity contribution < 1.29 is 8.42 Å². The molecular weight excluding hydrogens is 338 g/mol. The molecule has 0 unspecified atom stereocenters. The molecule has 0 aromatic heterocycles. The van der Waals surface area contributed by atoms with E-state index in [-0.39, 0.29) is 11.5 Å². The zero-order chi connectivity index (χ0) is 14.6. The van der Waals surface area contributed by atoms with Gasteiger partial charge in [-0.2, -0.15) is 0 Å². The van der Waals surface area contributed by atoms with Gasteiger partial charge in [-0.3, -0.25) is 0 Å². The van der Waals surface area contributed by atoms with Gasteiger partial charge in [0.1, 0.15) is 0 Å². The van der Waals surface area contributed by atoms with Gasteiger partial charge in [0.2, 0.25) is 0 Å². The molecule has 0 amide bonds. The molecule has 0 saturated carbocycles. The quantitative estimate of drug-likeness (QED) is 0.856. The van der Waals surface area contributed by atoms with Crippen molar-refractivity contribution in [2.24, 2.45) is 0 Å². The second kappa shape index (κ2) is 6.59. The third kappa shape index (κ3) is 3.73. The Morgan fingerprint density at radius 1 is 1.05 bits per heavy atom. The van der Waals surface area contributed by atoms with E-state index in [4.69, 9.17) is 0 Å². The minimum atomic E-state index is -2.93. The summed E-state index contributed by atoms with van der Waals surface area (Å²) in [6.07, 6.45) is 0.670. The van der Waals surface area contributed by atoms with Crippen LogP contribution in [0, 0.1) is 0 Å². The molecule has 0 atom stereocenters. The number of nitrogens with one attached hydrogen (secondary N) is 1. The fourth-order valence-corrected chi connectivity index (χ4v) is 3.89. The lowest BCUT2D eigenvalue weighted by Crippen LogP contribution is -2.18. The van der Waals surface area contributed by atoms with Crippen molar-refractivity contribution in [3.8, 4) is 0 Å². The molecule has 2 aromatic rings. The molecule has 0 fully saturated rings. The molecular formula is C15H18BrNO2S. The molecule has 0 aliphatic heterocycles. The minimum absolute atomic E-state index is 0.172. The van der Waals surface area contributed by atoms with E-state index in [2.05, 4.69) is 21.2 Å². The van der Waals surface area contributed by atoms with Gasteiger partial charge in [-0.25, -0.2) is 8.42 Å². The lowest BCUT2D eigenvalue weighted by Gasteiger charge is -2.11. The van der Waals surface area contributed by atoms with Gasteiger partial charge >= 0.3 is 0 Å². The second-order valence-electron chi connectivity index (χ2n) is 4.72. The maximum atomic E-state index is 11.7. The largest absolute Gasteiger partial charge is 0.384 e. The number of hydrogen-bond donors (Lipinski definition) is 1. The predicted molar refractivity (Wildman–Crippen MR) is 89.1 cm³/mol. The summed E-state index contributed by atoms with van der Waals surface area (Å²) in [6.45, 7) is 2.32. The fourth-order valence-electron chi connectivity index (χ4n) is 2.17. The molecule has 2 rings (SSSR count). The summed E-state index contributed by atoms with van der Waals surface area (Å²) in [4.78, 5) is 0. The summed E-state index contributed by atoms with van der Waals surface area (Å²) >= 11 is 3.53. The van der Waals surface area contributed by atoms with E-state index in [1.54, 1.807) is 0 Å². The first-order valence-electron chi connectivity index (χ1n) is 6.65. The number of halogens is 1. The first-order chi connectivity index (χ1) is 9.53. The zero-order valence-corrected chi connectivity index (χ0v) is 13.8. The Labute approximate surface area is 128 Å². The van der Waals surface area contributed by atoms with Crippen molar-refractivity contribution in [1.29, 1.82) is 0 Å². The molecule has 0 saturated heterocycles. The lowest BCUT2D eigenvalue weighted by atomic mass is 10.1. The van der Waals surface area contributed by atoms with E-state index in [0.29, 0.717) is 13.0 Å². The summed E-state index contributed by atoms with van der Waals surface area (Å²) in [5, 5.41) is 5.44. The van der Waals surface area contributed by atoms with Crippen molar-refractivity contribution in [3.05, 3.63) is 40.9 Å². The molecule has 0 bridgehead atoms. The Hall–Kier alpha value is -1.07. The van der Waals surface area contributed by atoms with Crippen LogP contribution in [0.5, 0.6) is 0 Å². The average molecular weight is 356 g/mol. The lowest BCUT2D eigenvalue weighted by molar-refractivity contribution is 0.595. The van der Waals surface area contributed by atoms with Crippen LogP contribution in [0.3, 0.4) is 0 Å². The van der Waals surface area contributed by atoms with Crippen LogP contribution in [0.2, 0.25) is 0 Å². The van der Waals surface area contributed by atoms with Crippen molar-refractivity contribution in [2.75, 3.05) is 23.4 Å². The van der Waals surface area contributed by atoms with Crippen molar-refractivity contribution in [2.45, 2.75) is 13.3 Å². The van der Waals surface area contributed by atoms with Crippen LogP contribution in [0.25, 0.3) is 10.8 Å². The molecule has 108 valence electrons. The van der Waals surface area contributed by atoms with Gasteiger partial charge in [0.25, 0.3) is 0 Å². The summed E-state index contributed by atoms with van der Waals surface area (Å²) in [6, 6.07) is 12.0. The number of fused-ring (bicyclic) bond motifs is 1. The van der Waals surface area contributed by atoms with Gasteiger partial charge in [0.05, 0.1) is 5.75 Å². The molecule has 0 aliphatic carbocycles. The number of rotatable bonds is 6. The number of benzene rings is 2. The summed E-state index contributed by atoms with van der Waals surface area (Å²) in [5.41, 5.74) is 0.968. The molecule has 3 nitrogen and oxygen atoms in total. The first kappa shape index (κ1) is 15.3. The van der Waals surface area contributed by atoms with Crippen LogP contribution in [-0.4, -0.2) is 26.5 Å². The van der Waals surface area contributed by atoms with Crippen LogP contribution >= 0.6 is 15.9 Å². The topological polar surface area (TPSA) is 46.2 Å². The Morgan fingerprint density at radius 2 is 1.75 bits per heavy atom. The molecule has 0 radical (unpaired) electrons. The zero-order valence-electron chi connectivity index (χ0n) is 11.4. The van der Waals surface area contributed by atoms with E-state index in [1.165, 1.54) is 0 Å². The van der Waals surface area contributed by atoms with Crippen molar-refractivity contribution >= 4 is 42.2 Å². The molecule has 20 heavy (non-hydrogen) atoms. The van der Waals surface area contributed by atoms with Gasteiger partial charge in [0.15, 0.2) is 9.84 Å². The van der Waals surface area contributed by atoms with Crippen LogP contribution in [0.15, 0.2) is 40.9 Å². The molecule has 5 heteroatoms. The van der Waals surface area contributed by atoms with Gasteiger partial charge in [-0.1, -0.05) is 47.1 Å². The predicted octanol–water partition coefficient (Wildman–Crippen LogP) is 3.84. The Balaban J connectivity index is 2.13. The Kier molecular flexibility index (Phi) is 5.05. The van der Waals surface area contributed by atoms with E-state index < -0.39 is 9.84 Å². The van der Waals surface area contributed by atoms with Crippen molar-refractivity contribution in [3.63, 3.8) is 0 Å². The van der Waals surface area contributed by atoms with Crippen LogP contribution in [0.4, 0.5) is 5.69 Å². The van der Waals surface area contributed by atoms with E-state index in [9.17, 15) is 8.42 Å². The SMILES string of the molecule is CCCS(=O)(=O)CCNc1ccc(Br)c2ccccc12. The summed E-state index contributed by atoms with van der Waals surface area (Å²) in [5.74, 6) is 0.432. The molecule has 0 heterocycles. The standard InChI is InChI=1S/C15H18BrNO2S/c1-2-10-20(18,19)11-9-17-15-8-7-14(16)12-5-3-4-6-13(12)15/h3-8,17H,2,9-11H2,1H3. The smallest absolute Gasteiger partial charge is 0.152 e. The third-order valence-electron chi connectivity index (χ3n) is 3.11. The number of hydrogen-bond acceptors (Lipinski definition) is 3. The van der Waals surface area contributed by atoms with Crippen LogP contribution < -0.4 is 5.32 Å². The van der Waals surface area contributed by atoms with E-state index in [0.717, 1.165) is 20.9 Å². The monoisotopic (exact) mass is 355 g/mol. The Bertz CT molecular complexity index is 698. The second-order valence-corrected chi connectivity index (χ2v) is 7.88. The van der Waals surface area contributed by atoms with Gasteiger partial charge in [-0.05, 0) is 23.9 Å².